The summed E-state index contributed by atoms with van der Waals surface area (Å²) in [7, 11) is 0. The summed E-state index contributed by atoms with van der Waals surface area (Å²) in [6.45, 7) is 2.98. The standard InChI is InChI=1S/C17H23BO/c1-18-10-9-14-8-7-13(11-16(14)18)12-17(19)15-5-3-2-4-6-15/h7-8,11,15H,2-6,9-10,12H2,1H3. The third-order valence-corrected chi connectivity index (χ3v) is 5.03. The number of ketones is 1. The van der Waals surface area contributed by atoms with Crippen molar-refractivity contribution in [1.82, 2.24) is 0 Å². The molecule has 0 spiro atoms. The van der Waals surface area contributed by atoms with Crippen LogP contribution in [-0.2, 0) is 17.6 Å². The Bertz CT molecular complexity index is 474. The maximum absolute atomic E-state index is 12.3. The van der Waals surface area contributed by atoms with Crippen molar-refractivity contribution in [3.05, 3.63) is 29.3 Å². The van der Waals surface area contributed by atoms with Gasteiger partial charge >= 0.3 is 0 Å². The molecule has 1 aliphatic carbocycles. The smallest absolute Gasteiger partial charge is 0.173 e. The summed E-state index contributed by atoms with van der Waals surface area (Å²) in [6.07, 6.45) is 9.21. The molecule has 1 aromatic carbocycles. The maximum Gasteiger partial charge on any atom is 0.173 e. The highest BCUT2D eigenvalue weighted by Gasteiger charge is 2.24. The van der Waals surface area contributed by atoms with Crippen LogP contribution in [0, 0.1) is 5.92 Å². The lowest BCUT2D eigenvalue weighted by atomic mass is 9.48. The van der Waals surface area contributed by atoms with E-state index in [0.29, 0.717) is 24.8 Å². The second-order valence-electron chi connectivity index (χ2n) is 6.45. The van der Waals surface area contributed by atoms with Crippen LogP contribution >= 0.6 is 0 Å². The first kappa shape index (κ1) is 13.0. The summed E-state index contributed by atoms with van der Waals surface area (Å²) in [5, 5.41) is 0. The second-order valence-corrected chi connectivity index (χ2v) is 6.45. The van der Waals surface area contributed by atoms with E-state index in [1.165, 1.54) is 48.6 Å². The fourth-order valence-corrected chi connectivity index (χ4v) is 3.74. The average molecular weight is 254 g/mol. The SMILES string of the molecule is CB1CCc2ccc(CC(=O)C3CCCCC3)cc21. The first-order chi connectivity index (χ1) is 9.24. The van der Waals surface area contributed by atoms with Crippen LogP contribution in [0.1, 0.15) is 43.2 Å². The van der Waals surface area contributed by atoms with E-state index in [9.17, 15) is 4.79 Å². The monoisotopic (exact) mass is 254 g/mol. The van der Waals surface area contributed by atoms with Crippen molar-refractivity contribution in [2.45, 2.75) is 58.1 Å². The number of carbonyl (C=O) groups is 1. The molecule has 1 nitrogen and oxygen atoms in total. The van der Waals surface area contributed by atoms with E-state index in [4.69, 9.17) is 0 Å². The Hall–Kier alpha value is -1.05. The minimum atomic E-state index is 0.347. The van der Waals surface area contributed by atoms with Crippen molar-refractivity contribution in [2.24, 2.45) is 5.92 Å². The molecule has 1 fully saturated rings. The van der Waals surface area contributed by atoms with Crippen molar-refractivity contribution >= 4 is 18.0 Å². The molecule has 100 valence electrons. The number of hydrogen-bond acceptors (Lipinski definition) is 1. The van der Waals surface area contributed by atoms with Crippen LogP contribution in [-0.4, -0.2) is 12.5 Å². The Morgan fingerprint density at radius 2 is 2.05 bits per heavy atom. The molecule has 1 aliphatic heterocycles. The van der Waals surface area contributed by atoms with Gasteiger partial charge in [-0.25, -0.2) is 0 Å². The second kappa shape index (κ2) is 5.52. The fourth-order valence-electron chi connectivity index (χ4n) is 3.74. The molecule has 0 amide bonds. The molecular formula is C17H23BO. The van der Waals surface area contributed by atoms with Crippen LogP contribution in [0.25, 0.3) is 0 Å². The number of hydrogen-bond donors (Lipinski definition) is 0. The number of aryl methyl sites for hydroxylation is 1. The van der Waals surface area contributed by atoms with Crippen LogP contribution in [0.4, 0.5) is 0 Å². The van der Waals surface area contributed by atoms with Crippen LogP contribution in [0.3, 0.4) is 0 Å². The van der Waals surface area contributed by atoms with E-state index in [1.807, 2.05) is 0 Å². The molecule has 0 unspecified atom stereocenters. The van der Waals surface area contributed by atoms with Gasteiger partial charge in [0.1, 0.15) is 5.78 Å². The van der Waals surface area contributed by atoms with E-state index in [1.54, 1.807) is 0 Å². The van der Waals surface area contributed by atoms with Gasteiger partial charge < -0.3 is 0 Å². The fraction of sp³-hybridized carbons (Fsp3) is 0.588. The van der Waals surface area contributed by atoms with Crippen molar-refractivity contribution < 1.29 is 4.79 Å². The largest absolute Gasteiger partial charge is 0.299 e. The minimum Gasteiger partial charge on any atom is -0.299 e. The van der Waals surface area contributed by atoms with E-state index in [-0.39, 0.29) is 0 Å². The molecule has 1 saturated carbocycles. The molecule has 0 radical (unpaired) electrons. The van der Waals surface area contributed by atoms with Gasteiger partial charge in [-0.1, -0.05) is 61.6 Å². The quantitative estimate of drug-likeness (QED) is 0.756. The van der Waals surface area contributed by atoms with Gasteiger partial charge in [0, 0.05) is 12.3 Å². The van der Waals surface area contributed by atoms with Crippen molar-refractivity contribution in [3.8, 4) is 0 Å². The summed E-state index contributed by atoms with van der Waals surface area (Å²) >= 11 is 0. The zero-order valence-corrected chi connectivity index (χ0v) is 12.0. The Kier molecular flexibility index (Phi) is 3.77. The third kappa shape index (κ3) is 2.78. The van der Waals surface area contributed by atoms with Gasteiger partial charge in [-0.3, -0.25) is 4.79 Å². The number of benzene rings is 1. The molecule has 1 heterocycles. The van der Waals surface area contributed by atoms with Crippen molar-refractivity contribution in [1.29, 1.82) is 0 Å². The van der Waals surface area contributed by atoms with Crippen LogP contribution in [0.15, 0.2) is 18.2 Å². The Morgan fingerprint density at radius 3 is 2.84 bits per heavy atom. The van der Waals surface area contributed by atoms with Crippen molar-refractivity contribution in [2.75, 3.05) is 0 Å². The third-order valence-electron chi connectivity index (χ3n) is 5.03. The van der Waals surface area contributed by atoms with Crippen LogP contribution < -0.4 is 5.46 Å². The Morgan fingerprint density at radius 1 is 1.26 bits per heavy atom. The molecular weight excluding hydrogens is 231 g/mol. The zero-order valence-electron chi connectivity index (χ0n) is 12.0. The van der Waals surface area contributed by atoms with Crippen LogP contribution in [0.2, 0.25) is 13.1 Å². The molecule has 0 N–H and O–H groups in total. The first-order valence-electron chi connectivity index (χ1n) is 7.88. The highest BCUT2D eigenvalue weighted by molar-refractivity contribution is 6.73. The van der Waals surface area contributed by atoms with Crippen LogP contribution in [0.5, 0.6) is 0 Å². The molecule has 1 aromatic rings. The lowest BCUT2D eigenvalue weighted by molar-refractivity contribution is -0.123. The molecule has 0 bridgehead atoms. The van der Waals surface area contributed by atoms with Gasteiger partial charge in [-0.2, -0.15) is 0 Å². The lowest BCUT2D eigenvalue weighted by Crippen LogP contribution is -2.24. The number of Topliss-reactive ketones (excluding diaryl/α,β-unsaturated/α-hetero) is 1. The minimum absolute atomic E-state index is 0.347. The normalized spacial score (nSPS) is 19.5. The highest BCUT2D eigenvalue weighted by Crippen LogP contribution is 2.25. The predicted octanol–water partition coefficient (Wildman–Crippen LogP) is 3.27. The van der Waals surface area contributed by atoms with E-state index in [0.717, 1.165) is 12.8 Å². The summed E-state index contributed by atoms with van der Waals surface area (Å²) < 4.78 is 0. The van der Waals surface area contributed by atoms with Gasteiger partial charge in [-0.15, -0.1) is 0 Å². The Balaban J connectivity index is 1.69. The van der Waals surface area contributed by atoms with E-state index >= 15 is 0 Å². The molecule has 19 heavy (non-hydrogen) atoms. The number of carbonyl (C=O) groups excluding carboxylic acids is 1. The summed E-state index contributed by atoms with van der Waals surface area (Å²) in [5.41, 5.74) is 4.23. The van der Waals surface area contributed by atoms with Gasteiger partial charge in [0.2, 0.25) is 0 Å². The lowest BCUT2D eigenvalue weighted by Gasteiger charge is -2.20. The van der Waals surface area contributed by atoms with Gasteiger partial charge in [-0.05, 0) is 24.8 Å². The highest BCUT2D eigenvalue weighted by atomic mass is 16.1. The van der Waals surface area contributed by atoms with Gasteiger partial charge in [0.15, 0.2) is 6.71 Å². The maximum atomic E-state index is 12.3. The number of rotatable bonds is 3. The topological polar surface area (TPSA) is 17.1 Å². The van der Waals surface area contributed by atoms with E-state index in [2.05, 4.69) is 25.0 Å². The molecule has 2 heteroatoms. The molecule has 2 aliphatic rings. The molecule has 3 rings (SSSR count). The molecule has 0 saturated heterocycles. The van der Waals surface area contributed by atoms with E-state index < -0.39 is 0 Å². The molecule has 0 aromatic heterocycles. The van der Waals surface area contributed by atoms with Gasteiger partial charge in [0.25, 0.3) is 0 Å². The summed E-state index contributed by atoms with van der Waals surface area (Å²) in [6, 6.07) is 6.73. The average Bonchev–Trinajstić information content (AvgIpc) is 2.81. The predicted molar refractivity (Wildman–Crippen MR) is 81.5 cm³/mol. The summed E-state index contributed by atoms with van der Waals surface area (Å²) in [5.74, 6) is 0.824. The number of fused-ring (bicyclic) bond motifs is 1. The van der Waals surface area contributed by atoms with Gasteiger partial charge in [0.05, 0.1) is 0 Å². The van der Waals surface area contributed by atoms with Crippen molar-refractivity contribution in [3.63, 3.8) is 0 Å². The first-order valence-corrected chi connectivity index (χ1v) is 7.88. The zero-order chi connectivity index (χ0) is 13.2. The Labute approximate surface area is 116 Å². The molecule has 0 atom stereocenters. The summed E-state index contributed by atoms with van der Waals surface area (Å²) in [4.78, 5) is 12.3.